The topological polar surface area (TPSA) is 76.4 Å². The number of ether oxygens (including phenoxy) is 1. The molecular formula is C18H19N3O3S. The first-order valence-electron chi connectivity index (χ1n) is 7.83. The fourth-order valence-corrected chi connectivity index (χ4v) is 3.32. The molecule has 1 amide bonds. The quantitative estimate of drug-likeness (QED) is 0.522. The molecule has 0 aliphatic rings. The monoisotopic (exact) mass is 357 g/mol. The van der Waals surface area contributed by atoms with Crippen LogP contribution in [0.2, 0.25) is 0 Å². The van der Waals surface area contributed by atoms with Gasteiger partial charge in [0.1, 0.15) is 5.75 Å². The number of amides is 1. The Hall–Kier alpha value is -2.64. The molecule has 6 nitrogen and oxygen atoms in total. The minimum Gasteiger partial charge on any atom is -0.497 e. The molecule has 1 atom stereocenters. The molecule has 3 rings (SSSR count). The van der Waals surface area contributed by atoms with Crippen molar-refractivity contribution in [2.75, 3.05) is 7.11 Å². The number of nitrogens with zero attached hydrogens (tertiary/aromatic N) is 2. The zero-order valence-electron chi connectivity index (χ0n) is 14.0. The Morgan fingerprint density at radius 1 is 1.36 bits per heavy atom. The van der Waals surface area contributed by atoms with Gasteiger partial charge in [0.25, 0.3) is 0 Å². The molecule has 0 aliphatic heterocycles. The van der Waals surface area contributed by atoms with Gasteiger partial charge in [0.05, 0.1) is 29.1 Å². The van der Waals surface area contributed by atoms with Gasteiger partial charge in [0.2, 0.25) is 5.91 Å². The Balaban J connectivity index is 2.01. The van der Waals surface area contributed by atoms with Crippen LogP contribution in [0.5, 0.6) is 5.75 Å². The summed E-state index contributed by atoms with van der Waals surface area (Å²) in [5.41, 5.74) is 4.34. The standard InChI is InChI=1S/C18H19N3O3S/c1-12(10-18(22)20-23)15-11-16(17-4-3-9-25-17)21(19-15)13-5-7-14(24-2)8-6-13/h3-9,11-12,23H,10H2,1-2H3,(H,20,22). The zero-order chi connectivity index (χ0) is 17.8. The Labute approximate surface area is 149 Å². The van der Waals surface area contributed by atoms with E-state index in [0.717, 1.165) is 27.7 Å². The second kappa shape index (κ2) is 7.50. The number of aromatic nitrogens is 2. The maximum atomic E-state index is 11.4. The molecule has 0 saturated carbocycles. The van der Waals surface area contributed by atoms with Crippen LogP contribution in [0.3, 0.4) is 0 Å². The van der Waals surface area contributed by atoms with E-state index in [1.807, 2.05) is 59.5 Å². The summed E-state index contributed by atoms with van der Waals surface area (Å²) in [5, 5.41) is 15.4. The fraction of sp³-hybridized carbons (Fsp3) is 0.222. The maximum Gasteiger partial charge on any atom is 0.243 e. The summed E-state index contributed by atoms with van der Waals surface area (Å²) in [7, 11) is 1.63. The van der Waals surface area contributed by atoms with Crippen LogP contribution in [0.15, 0.2) is 47.8 Å². The van der Waals surface area contributed by atoms with Gasteiger partial charge in [0, 0.05) is 12.3 Å². The van der Waals surface area contributed by atoms with Crippen molar-refractivity contribution in [3.05, 3.63) is 53.5 Å². The normalized spacial score (nSPS) is 12.0. The van der Waals surface area contributed by atoms with Crippen molar-refractivity contribution < 1.29 is 14.7 Å². The first kappa shape index (κ1) is 17.2. The molecule has 0 aliphatic carbocycles. The lowest BCUT2D eigenvalue weighted by molar-refractivity contribution is -0.129. The van der Waals surface area contributed by atoms with Gasteiger partial charge in [-0.3, -0.25) is 10.0 Å². The van der Waals surface area contributed by atoms with Gasteiger partial charge < -0.3 is 4.74 Å². The van der Waals surface area contributed by atoms with Gasteiger partial charge >= 0.3 is 0 Å². The van der Waals surface area contributed by atoms with Crippen molar-refractivity contribution in [3.63, 3.8) is 0 Å². The van der Waals surface area contributed by atoms with E-state index in [0.29, 0.717) is 0 Å². The number of nitrogens with one attached hydrogen (secondary N) is 1. The van der Waals surface area contributed by atoms with E-state index in [2.05, 4.69) is 0 Å². The molecule has 7 heteroatoms. The third kappa shape index (κ3) is 3.72. The number of carbonyl (C=O) groups is 1. The molecule has 1 unspecified atom stereocenters. The maximum absolute atomic E-state index is 11.4. The van der Waals surface area contributed by atoms with Crippen LogP contribution in [0, 0.1) is 0 Å². The van der Waals surface area contributed by atoms with Gasteiger partial charge in [-0.2, -0.15) is 5.10 Å². The van der Waals surface area contributed by atoms with Crippen molar-refractivity contribution in [3.8, 4) is 22.0 Å². The molecule has 130 valence electrons. The Kier molecular flexibility index (Phi) is 5.16. The third-order valence-electron chi connectivity index (χ3n) is 3.94. The van der Waals surface area contributed by atoms with Crippen LogP contribution in [0.4, 0.5) is 0 Å². The molecule has 0 fully saturated rings. The molecule has 1 aromatic carbocycles. The lowest BCUT2D eigenvalue weighted by Gasteiger charge is -2.08. The molecule has 25 heavy (non-hydrogen) atoms. The fourth-order valence-electron chi connectivity index (χ4n) is 2.59. The van der Waals surface area contributed by atoms with Gasteiger partial charge in [-0.05, 0) is 41.8 Å². The number of methoxy groups -OCH3 is 1. The van der Waals surface area contributed by atoms with E-state index in [1.165, 1.54) is 0 Å². The summed E-state index contributed by atoms with van der Waals surface area (Å²) in [6.45, 7) is 1.91. The van der Waals surface area contributed by atoms with E-state index < -0.39 is 5.91 Å². The largest absolute Gasteiger partial charge is 0.497 e. The van der Waals surface area contributed by atoms with E-state index >= 15 is 0 Å². The molecule has 0 bridgehead atoms. The van der Waals surface area contributed by atoms with Crippen molar-refractivity contribution >= 4 is 17.2 Å². The average Bonchev–Trinajstić information content (AvgIpc) is 3.31. The Bertz CT molecular complexity index is 841. The van der Waals surface area contributed by atoms with Crippen LogP contribution in [-0.2, 0) is 4.79 Å². The number of hydrogen-bond donors (Lipinski definition) is 2. The minimum absolute atomic E-state index is 0.120. The summed E-state index contributed by atoms with van der Waals surface area (Å²) in [6.07, 6.45) is 0.167. The number of thiophene rings is 1. The van der Waals surface area contributed by atoms with Gasteiger partial charge in [-0.15, -0.1) is 11.3 Å². The van der Waals surface area contributed by atoms with Crippen molar-refractivity contribution in [2.45, 2.75) is 19.3 Å². The van der Waals surface area contributed by atoms with E-state index in [1.54, 1.807) is 23.9 Å². The molecule has 0 spiro atoms. The van der Waals surface area contributed by atoms with Crippen LogP contribution in [0.25, 0.3) is 16.3 Å². The molecule has 2 heterocycles. The lowest BCUT2D eigenvalue weighted by Crippen LogP contribution is -2.20. The third-order valence-corrected chi connectivity index (χ3v) is 4.83. The highest BCUT2D eigenvalue weighted by molar-refractivity contribution is 7.13. The predicted molar refractivity (Wildman–Crippen MR) is 96.4 cm³/mol. The van der Waals surface area contributed by atoms with Crippen LogP contribution in [-0.4, -0.2) is 28.0 Å². The predicted octanol–water partition coefficient (Wildman–Crippen LogP) is 3.61. The molecular weight excluding hydrogens is 338 g/mol. The molecule has 2 N–H and O–H groups in total. The lowest BCUT2D eigenvalue weighted by atomic mass is 10.0. The van der Waals surface area contributed by atoms with E-state index in [9.17, 15) is 4.79 Å². The molecule has 0 saturated heterocycles. The van der Waals surface area contributed by atoms with Crippen LogP contribution < -0.4 is 10.2 Å². The second-order valence-electron chi connectivity index (χ2n) is 5.68. The van der Waals surface area contributed by atoms with Crippen LogP contribution >= 0.6 is 11.3 Å². The summed E-state index contributed by atoms with van der Waals surface area (Å²) < 4.78 is 7.08. The highest BCUT2D eigenvalue weighted by Gasteiger charge is 2.18. The second-order valence-corrected chi connectivity index (χ2v) is 6.63. The van der Waals surface area contributed by atoms with Gasteiger partial charge in [-0.25, -0.2) is 10.2 Å². The number of carbonyl (C=O) groups excluding carboxylic acids is 1. The van der Waals surface area contributed by atoms with Gasteiger partial charge in [-0.1, -0.05) is 13.0 Å². The number of rotatable bonds is 6. The van der Waals surface area contributed by atoms with Gasteiger partial charge in [0.15, 0.2) is 0 Å². The van der Waals surface area contributed by atoms with Crippen molar-refractivity contribution in [2.24, 2.45) is 0 Å². The highest BCUT2D eigenvalue weighted by atomic mass is 32.1. The Morgan fingerprint density at radius 3 is 2.72 bits per heavy atom. The minimum atomic E-state index is -0.427. The Morgan fingerprint density at radius 2 is 2.12 bits per heavy atom. The van der Waals surface area contributed by atoms with E-state index in [-0.39, 0.29) is 12.3 Å². The first-order chi connectivity index (χ1) is 12.1. The number of hydrogen-bond acceptors (Lipinski definition) is 5. The van der Waals surface area contributed by atoms with Crippen molar-refractivity contribution in [1.29, 1.82) is 0 Å². The average molecular weight is 357 g/mol. The smallest absolute Gasteiger partial charge is 0.243 e. The molecule has 0 radical (unpaired) electrons. The summed E-state index contributed by atoms with van der Waals surface area (Å²) in [6, 6.07) is 13.7. The van der Waals surface area contributed by atoms with E-state index in [4.69, 9.17) is 15.0 Å². The SMILES string of the molecule is COc1ccc(-n2nc(C(C)CC(=O)NO)cc2-c2cccs2)cc1. The number of benzene rings is 1. The molecule has 3 aromatic rings. The summed E-state index contributed by atoms with van der Waals surface area (Å²) >= 11 is 1.63. The number of hydroxylamine groups is 1. The van der Waals surface area contributed by atoms with Crippen LogP contribution in [0.1, 0.15) is 25.0 Å². The van der Waals surface area contributed by atoms with Crippen molar-refractivity contribution in [1.82, 2.24) is 15.3 Å². The summed E-state index contributed by atoms with van der Waals surface area (Å²) in [5.74, 6) is 0.233. The molecule has 2 aromatic heterocycles. The zero-order valence-corrected chi connectivity index (χ0v) is 14.8. The highest BCUT2D eigenvalue weighted by Crippen LogP contribution is 2.31. The summed E-state index contributed by atoms with van der Waals surface area (Å²) in [4.78, 5) is 12.5. The first-order valence-corrected chi connectivity index (χ1v) is 8.71.